The Labute approximate surface area is 103 Å². The molecule has 0 heterocycles. The van der Waals surface area contributed by atoms with Gasteiger partial charge >= 0.3 is 5.97 Å². The average molecular weight is 239 g/mol. The molecule has 0 radical (unpaired) electrons. The molecule has 0 amide bonds. The highest BCUT2D eigenvalue weighted by Crippen LogP contribution is 2.13. The van der Waals surface area contributed by atoms with E-state index in [2.05, 4.69) is 5.32 Å². The van der Waals surface area contributed by atoms with E-state index < -0.39 is 12.0 Å². The third-order valence-corrected chi connectivity index (χ3v) is 2.22. The monoisotopic (exact) mass is 239 g/mol. The molecule has 1 aromatic rings. The van der Waals surface area contributed by atoms with E-state index in [9.17, 15) is 4.79 Å². The molecular weight excluding hydrogens is 218 g/mol. The molecule has 4 heteroatoms. The number of nitrogens with one attached hydrogen (secondary N) is 1. The van der Waals surface area contributed by atoms with Gasteiger partial charge in [0.1, 0.15) is 11.8 Å². The lowest BCUT2D eigenvalue weighted by molar-refractivity contribution is -0.139. The normalized spacial score (nSPS) is 11.1. The van der Waals surface area contributed by atoms with Crippen molar-refractivity contribution in [1.29, 1.82) is 0 Å². The minimum atomic E-state index is -0.847. The number of hydrogen-bond donors (Lipinski definition) is 2. The van der Waals surface area contributed by atoms with Crippen LogP contribution in [0.5, 0.6) is 5.75 Å². The van der Waals surface area contributed by atoms with Crippen LogP contribution >= 0.6 is 0 Å². The van der Waals surface area contributed by atoms with Crippen molar-refractivity contribution >= 4 is 5.97 Å². The van der Waals surface area contributed by atoms with Crippen LogP contribution in [-0.2, 0) is 11.2 Å². The van der Waals surface area contributed by atoms with Crippen LogP contribution in [-0.4, -0.2) is 31.3 Å². The Morgan fingerprint density at radius 2 is 2.12 bits per heavy atom. The van der Waals surface area contributed by atoms with Crippen LogP contribution in [0.15, 0.2) is 24.3 Å². The van der Waals surface area contributed by atoms with E-state index in [-0.39, 0.29) is 0 Å². The molecule has 2 N–H and O–H groups in total. The molecule has 0 saturated heterocycles. The molecule has 0 fully saturated rings. The number of likely N-dealkylation sites (N-methyl/N-ethyl adjacent to an activating group) is 1. The minimum absolute atomic E-state index is 0.447. The Bertz CT molecular complexity index is 339. The summed E-state index contributed by atoms with van der Waals surface area (Å²) in [5.41, 5.74) is 0.941. The molecule has 1 unspecified atom stereocenters. The van der Waals surface area contributed by atoms with Crippen LogP contribution in [0.1, 0.15) is 19.4 Å². The Kier molecular flexibility index (Phi) is 7.80. The van der Waals surface area contributed by atoms with E-state index in [1.165, 1.54) is 0 Å². The quantitative estimate of drug-likeness (QED) is 0.824. The summed E-state index contributed by atoms with van der Waals surface area (Å²) in [6.07, 6.45) is 0.447. The molecular formula is C13H21NO3. The van der Waals surface area contributed by atoms with Gasteiger partial charge in [-0.25, -0.2) is 0 Å². The average Bonchev–Trinajstić information content (AvgIpc) is 2.38. The number of methoxy groups -OCH3 is 1. The first-order chi connectivity index (χ1) is 8.17. The van der Waals surface area contributed by atoms with Gasteiger partial charge in [-0.3, -0.25) is 4.79 Å². The van der Waals surface area contributed by atoms with Gasteiger partial charge in [0.15, 0.2) is 0 Å². The number of benzene rings is 1. The zero-order chi connectivity index (χ0) is 13.3. The van der Waals surface area contributed by atoms with E-state index in [0.717, 1.165) is 11.3 Å². The van der Waals surface area contributed by atoms with Crippen LogP contribution in [0.4, 0.5) is 0 Å². The third kappa shape index (κ3) is 5.36. The fourth-order valence-electron chi connectivity index (χ4n) is 1.35. The summed E-state index contributed by atoms with van der Waals surface area (Å²) in [7, 11) is 3.23. The van der Waals surface area contributed by atoms with Crippen LogP contribution in [0.2, 0.25) is 0 Å². The molecule has 0 bridgehead atoms. The fraction of sp³-hybridized carbons (Fsp3) is 0.462. The molecule has 1 atom stereocenters. The predicted molar refractivity (Wildman–Crippen MR) is 68.5 cm³/mol. The van der Waals surface area contributed by atoms with Gasteiger partial charge in [0.25, 0.3) is 0 Å². The highest BCUT2D eigenvalue weighted by Gasteiger charge is 2.15. The van der Waals surface area contributed by atoms with E-state index in [0.29, 0.717) is 6.42 Å². The maximum Gasteiger partial charge on any atom is 0.321 e. The molecule has 1 aromatic carbocycles. The summed E-state index contributed by atoms with van der Waals surface area (Å²) in [5.74, 6) is -0.104. The topological polar surface area (TPSA) is 58.6 Å². The Morgan fingerprint density at radius 1 is 1.47 bits per heavy atom. The highest BCUT2D eigenvalue weighted by atomic mass is 16.5. The van der Waals surface area contributed by atoms with Crippen molar-refractivity contribution in [1.82, 2.24) is 5.32 Å². The van der Waals surface area contributed by atoms with Crippen LogP contribution in [0.3, 0.4) is 0 Å². The number of rotatable bonds is 5. The third-order valence-electron chi connectivity index (χ3n) is 2.22. The molecule has 0 aliphatic heterocycles. The maximum atomic E-state index is 10.8. The largest absolute Gasteiger partial charge is 0.497 e. The number of carbonyl (C=O) groups is 1. The van der Waals surface area contributed by atoms with Crippen molar-refractivity contribution in [3.8, 4) is 5.75 Å². The standard InChI is InChI=1S/C11H15NO3.C2H6/c1-12-10(11(13)14)7-8-4-3-5-9(6-8)15-2;1-2/h3-6,10,12H,7H2,1-2H3,(H,13,14);1-2H3. The Balaban J connectivity index is 0.00000121. The summed E-state index contributed by atoms with van der Waals surface area (Å²) in [6, 6.07) is 6.85. The molecule has 0 spiro atoms. The molecule has 0 aliphatic carbocycles. The molecule has 96 valence electrons. The van der Waals surface area contributed by atoms with Crippen LogP contribution < -0.4 is 10.1 Å². The van der Waals surface area contributed by atoms with Gasteiger partial charge in [-0.2, -0.15) is 0 Å². The number of hydrogen-bond acceptors (Lipinski definition) is 3. The molecule has 0 saturated carbocycles. The first kappa shape index (κ1) is 15.4. The molecule has 1 rings (SSSR count). The maximum absolute atomic E-state index is 10.8. The van der Waals surface area contributed by atoms with E-state index in [1.807, 2.05) is 38.1 Å². The fourth-order valence-corrected chi connectivity index (χ4v) is 1.35. The number of aliphatic carboxylic acids is 1. The smallest absolute Gasteiger partial charge is 0.321 e. The van der Waals surface area contributed by atoms with Gasteiger partial charge < -0.3 is 15.2 Å². The Hall–Kier alpha value is -1.55. The lowest BCUT2D eigenvalue weighted by Crippen LogP contribution is -2.35. The predicted octanol–water partition coefficient (Wildman–Crippen LogP) is 1.94. The SMILES string of the molecule is CC.CNC(Cc1cccc(OC)c1)C(=O)O. The number of carboxylic acids is 1. The Morgan fingerprint density at radius 3 is 2.59 bits per heavy atom. The van der Waals surface area contributed by atoms with E-state index in [4.69, 9.17) is 9.84 Å². The second-order valence-electron chi connectivity index (χ2n) is 3.24. The van der Waals surface area contributed by atoms with Gasteiger partial charge in [0, 0.05) is 0 Å². The zero-order valence-corrected chi connectivity index (χ0v) is 10.9. The van der Waals surface area contributed by atoms with Crippen LogP contribution in [0, 0.1) is 0 Å². The summed E-state index contributed by atoms with van der Waals surface area (Å²) >= 11 is 0. The molecule has 0 aliphatic rings. The van der Waals surface area contributed by atoms with E-state index >= 15 is 0 Å². The van der Waals surface area contributed by atoms with Gasteiger partial charge in [0.2, 0.25) is 0 Å². The van der Waals surface area contributed by atoms with Crippen molar-refractivity contribution in [2.75, 3.05) is 14.2 Å². The minimum Gasteiger partial charge on any atom is -0.497 e. The van der Waals surface area contributed by atoms with E-state index in [1.54, 1.807) is 14.2 Å². The lowest BCUT2D eigenvalue weighted by atomic mass is 10.1. The first-order valence-corrected chi connectivity index (χ1v) is 5.70. The van der Waals surface area contributed by atoms with Crippen molar-refractivity contribution in [3.05, 3.63) is 29.8 Å². The van der Waals surface area contributed by atoms with Gasteiger partial charge in [-0.1, -0.05) is 26.0 Å². The molecule has 0 aromatic heterocycles. The molecule has 17 heavy (non-hydrogen) atoms. The zero-order valence-electron chi connectivity index (χ0n) is 10.9. The first-order valence-electron chi connectivity index (χ1n) is 5.70. The van der Waals surface area contributed by atoms with Gasteiger partial charge in [-0.15, -0.1) is 0 Å². The van der Waals surface area contributed by atoms with Crippen molar-refractivity contribution in [3.63, 3.8) is 0 Å². The van der Waals surface area contributed by atoms with Gasteiger partial charge in [0.05, 0.1) is 7.11 Å². The summed E-state index contributed by atoms with van der Waals surface area (Å²) < 4.78 is 5.06. The number of ether oxygens (including phenoxy) is 1. The second kappa shape index (κ2) is 8.58. The van der Waals surface area contributed by atoms with Gasteiger partial charge in [-0.05, 0) is 31.2 Å². The molecule has 4 nitrogen and oxygen atoms in total. The lowest BCUT2D eigenvalue weighted by Gasteiger charge is -2.11. The second-order valence-corrected chi connectivity index (χ2v) is 3.24. The summed E-state index contributed by atoms with van der Waals surface area (Å²) in [4.78, 5) is 10.8. The number of carboxylic acid groups (broad SMARTS) is 1. The van der Waals surface area contributed by atoms with Crippen molar-refractivity contribution in [2.24, 2.45) is 0 Å². The van der Waals surface area contributed by atoms with Crippen molar-refractivity contribution in [2.45, 2.75) is 26.3 Å². The summed E-state index contributed by atoms with van der Waals surface area (Å²) in [5, 5.41) is 11.6. The van der Waals surface area contributed by atoms with Crippen molar-refractivity contribution < 1.29 is 14.6 Å². The van der Waals surface area contributed by atoms with Crippen LogP contribution in [0.25, 0.3) is 0 Å². The summed E-state index contributed by atoms with van der Waals surface area (Å²) in [6.45, 7) is 4.00. The highest BCUT2D eigenvalue weighted by molar-refractivity contribution is 5.73.